The number of hydrogen-bond acceptors (Lipinski definition) is 4. The Labute approximate surface area is 156 Å². The number of piperidine rings is 1. The third-order valence-electron chi connectivity index (χ3n) is 4.97. The van der Waals surface area contributed by atoms with Gasteiger partial charge in [-0.3, -0.25) is 14.3 Å². The van der Waals surface area contributed by atoms with E-state index < -0.39 is 5.91 Å². The minimum Gasteiger partial charge on any atom is -0.368 e. The van der Waals surface area contributed by atoms with E-state index in [2.05, 4.69) is 10.1 Å². The quantitative estimate of drug-likeness (QED) is 0.731. The van der Waals surface area contributed by atoms with E-state index in [1.165, 1.54) is 0 Å². The number of aromatic nitrogens is 4. The van der Waals surface area contributed by atoms with Gasteiger partial charge in [0.2, 0.25) is 11.8 Å². The SMILES string of the molecule is NC(=O)Cn1ccnc1[C@@H]1CCCN(C(=O)Cn2cc3ccccc3n2)C1. The first-order chi connectivity index (χ1) is 13.1. The Hall–Kier alpha value is -3.16. The molecule has 0 radical (unpaired) electrons. The highest BCUT2D eigenvalue weighted by Gasteiger charge is 2.27. The minimum atomic E-state index is -0.399. The molecule has 0 bridgehead atoms. The molecule has 2 amide bonds. The molecule has 27 heavy (non-hydrogen) atoms. The number of likely N-dealkylation sites (tertiary alicyclic amines) is 1. The van der Waals surface area contributed by atoms with Gasteiger partial charge in [0.05, 0.1) is 5.52 Å². The number of hydrogen-bond donors (Lipinski definition) is 1. The second-order valence-electron chi connectivity index (χ2n) is 6.94. The summed E-state index contributed by atoms with van der Waals surface area (Å²) in [5, 5.41) is 5.49. The number of imidazole rings is 1. The van der Waals surface area contributed by atoms with Crippen LogP contribution in [0.1, 0.15) is 24.6 Å². The second kappa shape index (κ2) is 7.22. The van der Waals surface area contributed by atoms with E-state index in [9.17, 15) is 9.59 Å². The highest BCUT2D eigenvalue weighted by molar-refractivity contribution is 5.80. The predicted molar refractivity (Wildman–Crippen MR) is 99.7 cm³/mol. The highest BCUT2D eigenvalue weighted by atomic mass is 16.2. The van der Waals surface area contributed by atoms with Crippen molar-refractivity contribution in [2.45, 2.75) is 31.8 Å². The fourth-order valence-electron chi connectivity index (χ4n) is 3.73. The molecule has 2 aromatic heterocycles. The van der Waals surface area contributed by atoms with Crippen LogP contribution < -0.4 is 5.73 Å². The molecule has 2 N–H and O–H groups in total. The smallest absolute Gasteiger partial charge is 0.244 e. The molecule has 1 aromatic carbocycles. The van der Waals surface area contributed by atoms with Crippen LogP contribution in [0.25, 0.3) is 10.9 Å². The molecule has 8 heteroatoms. The van der Waals surface area contributed by atoms with Gasteiger partial charge in [-0.1, -0.05) is 18.2 Å². The van der Waals surface area contributed by atoms with Crippen LogP contribution in [0.5, 0.6) is 0 Å². The number of nitrogens with two attached hydrogens (primary N) is 1. The number of carbonyl (C=O) groups is 2. The summed E-state index contributed by atoms with van der Waals surface area (Å²) >= 11 is 0. The van der Waals surface area contributed by atoms with E-state index in [0.29, 0.717) is 6.54 Å². The molecule has 1 aliphatic rings. The number of primary amides is 1. The molecular formula is C19H22N6O2. The molecule has 1 atom stereocenters. The number of rotatable bonds is 5. The van der Waals surface area contributed by atoms with E-state index in [-0.39, 0.29) is 24.9 Å². The number of fused-ring (bicyclic) bond motifs is 1. The summed E-state index contributed by atoms with van der Waals surface area (Å²) in [5.41, 5.74) is 6.20. The molecule has 0 saturated carbocycles. The Bertz CT molecular complexity index is 942. The van der Waals surface area contributed by atoms with Crippen molar-refractivity contribution in [1.29, 1.82) is 0 Å². The monoisotopic (exact) mass is 366 g/mol. The van der Waals surface area contributed by atoms with Gasteiger partial charge in [-0.25, -0.2) is 4.98 Å². The van der Waals surface area contributed by atoms with Crippen molar-refractivity contribution in [3.05, 3.63) is 48.7 Å². The maximum atomic E-state index is 12.8. The van der Waals surface area contributed by atoms with Crippen molar-refractivity contribution in [3.8, 4) is 0 Å². The Balaban J connectivity index is 1.45. The van der Waals surface area contributed by atoms with E-state index in [1.807, 2.05) is 35.4 Å². The summed E-state index contributed by atoms with van der Waals surface area (Å²) in [6.45, 7) is 1.65. The molecule has 1 aliphatic heterocycles. The van der Waals surface area contributed by atoms with Crippen molar-refractivity contribution < 1.29 is 9.59 Å². The van der Waals surface area contributed by atoms with Crippen LogP contribution in [0.2, 0.25) is 0 Å². The topological polar surface area (TPSA) is 99.0 Å². The van der Waals surface area contributed by atoms with Crippen LogP contribution in [-0.2, 0) is 22.7 Å². The average molecular weight is 366 g/mol. The first kappa shape index (κ1) is 17.3. The van der Waals surface area contributed by atoms with Crippen LogP contribution in [0.4, 0.5) is 0 Å². The fourth-order valence-corrected chi connectivity index (χ4v) is 3.73. The molecule has 8 nitrogen and oxygen atoms in total. The Morgan fingerprint density at radius 1 is 1.22 bits per heavy atom. The summed E-state index contributed by atoms with van der Waals surface area (Å²) in [7, 11) is 0. The van der Waals surface area contributed by atoms with Crippen LogP contribution in [0.3, 0.4) is 0 Å². The average Bonchev–Trinajstić information content (AvgIpc) is 3.27. The Morgan fingerprint density at radius 3 is 2.89 bits per heavy atom. The van der Waals surface area contributed by atoms with Crippen LogP contribution in [0, 0.1) is 0 Å². The maximum absolute atomic E-state index is 12.8. The van der Waals surface area contributed by atoms with Gasteiger partial charge >= 0.3 is 0 Å². The summed E-state index contributed by atoms with van der Waals surface area (Å²) in [6.07, 6.45) is 7.17. The second-order valence-corrected chi connectivity index (χ2v) is 6.94. The Kier molecular flexibility index (Phi) is 4.62. The lowest BCUT2D eigenvalue weighted by atomic mass is 9.97. The van der Waals surface area contributed by atoms with Crippen LogP contribution in [-0.4, -0.2) is 49.1 Å². The molecular weight excluding hydrogens is 344 g/mol. The van der Waals surface area contributed by atoms with Crippen molar-refractivity contribution in [2.75, 3.05) is 13.1 Å². The maximum Gasteiger partial charge on any atom is 0.244 e. The van der Waals surface area contributed by atoms with Gasteiger partial charge in [0, 0.05) is 43.0 Å². The first-order valence-electron chi connectivity index (χ1n) is 9.09. The van der Waals surface area contributed by atoms with Gasteiger partial charge in [0.25, 0.3) is 0 Å². The summed E-state index contributed by atoms with van der Waals surface area (Å²) < 4.78 is 3.48. The Morgan fingerprint density at radius 2 is 2.07 bits per heavy atom. The van der Waals surface area contributed by atoms with Gasteiger partial charge in [0.1, 0.15) is 18.9 Å². The zero-order valence-corrected chi connectivity index (χ0v) is 15.0. The van der Waals surface area contributed by atoms with Gasteiger partial charge in [0.15, 0.2) is 0 Å². The van der Waals surface area contributed by atoms with Crippen molar-refractivity contribution >= 4 is 22.7 Å². The fraction of sp³-hybridized carbons (Fsp3) is 0.368. The molecule has 3 heterocycles. The van der Waals surface area contributed by atoms with Gasteiger partial charge in [-0.15, -0.1) is 0 Å². The molecule has 4 rings (SSSR count). The number of amides is 2. The normalized spacial score (nSPS) is 17.3. The van der Waals surface area contributed by atoms with Crippen molar-refractivity contribution in [1.82, 2.24) is 24.2 Å². The lowest BCUT2D eigenvalue weighted by Gasteiger charge is -2.32. The first-order valence-corrected chi connectivity index (χ1v) is 9.09. The summed E-state index contributed by atoms with van der Waals surface area (Å²) in [4.78, 5) is 30.3. The zero-order chi connectivity index (χ0) is 18.8. The molecule has 0 spiro atoms. The largest absolute Gasteiger partial charge is 0.368 e. The van der Waals surface area contributed by atoms with Gasteiger partial charge in [-0.05, 0) is 18.9 Å². The summed E-state index contributed by atoms with van der Waals surface area (Å²) in [6, 6.07) is 7.81. The third-order valence-corrected chi connectivity index (χ3v) is 4.97. The molecule has 3 aromatic rings. The predicted octanol–water partition coefficient (Wildman–Crippen LogP) is 1.12. The number of nitrogens with zero attached hydrogens (tertiary/aromatic N) is 5. The number of benzene rings is 1. The van der Waals surface area contributed by atoms with E-state index in [1.54, 1.807) is 21.6 Å². The van der Waals surface area contributed by atoms with Gasteiger partial charge < -0.3 is 15.2 Å². The molecule has 1 fully saturated rings. The lowest BCUT2D eigenvalue weighted by Crippen LogP contribution is -2.41. The van der Waals surface area contributed by atoms with Crippen LogP contribution >= 0.6 is 0 Å². The van der Waals surface area contributed by atoms with E-state index in [4.69, 9.17) is 5.73 Å². The number of carbonyl (C=O) groups excluding carboxylic acids is 2. The van der Waals surface area contributed by atoms with E-state index in [0.717, 1.165) is 36.1 Å². The highest BCUT2D eigenvalue weighted by Crippen LogP contribution is 2.26. The standard InChI is InChI=1S/C19H22N6O2/c20-17(26)12-24-9-7-21-19(24)15-5-3-8-23(10-15)18(27)13-25-11-14-4-1-2-6-16(14)22-25/h1-2,4,6-7,9,11,15H,3,5,8,10,12-13H2,(H2,20,26)/t15-/m1/s1. The minimum absolute atomic E-state index is 0.0421. The molecule has 1 saturated heterocycles. The van der Waals surface area contributed by atoms with Crippen molar-refractivity contribution in [3.63, 3.8) is 0 Å². The van der Waals surface area contributed by atoms with Crippen LogP contribution in [0.15, 0.2) is 42.9 Å². The molecule has 0 unspecified atom stereocenters. The third kappa shape index (κ3) is 3.69. The molecule has 0 aliphatic carbocycles. The summed E-state index contributed by atoms with van der Waals surface area (Å²) in [5.74, 6) is 0.564. The van der Waals surface area contributed by atoms with Crippen molar-refractivity contribution in [2.24, 2.45) is 5.73 Å². The molecule has 140 valence electrons. The van der Waals surface area contributed by atoms with Gasteiger partial charge in [-0.2, -0.15) is 5.10 Å². The zero-order valence-electron chi connectivity index (χ0n) is 15.0. The lowest BCUT2D eigenvalue weighted by molar-refractivity contribution is -0.133. The van der Waals surface area contributed by atoms with E-state index >= 15 is 0 Å².